The van der Waals surface area contributed by atoms with E-state index >= 15 is 0 Å². The van der Waals surface area contributed by atoms with Gasteiger partial charge in [-0.25, -0.2) is 9.18 Å². The monoisotopic (exact) mass is 200 g/mol. The summed E-state index contributed by atoms with van der Waals surface area (Å²) in [7, 11) is 0. The molecule has 1 aromatic rings. The van der Waals surface area contributed by atoms with Crippen molar-refractivity contribution in [3.05, 3.63) is 23.7 Å². The standard InChI is InChI=1S/C9H9FO4/c10-6-3-4-9(6,13)7-2-1-5(14-7)8(11)12/h1-2,6,13H,3-4H2,(H,11,12). The Bertz CT molecular complexity index is 373. The molecule has 14 heavy (non-hydrogen) atoms. The van der Waals surface area contributed by atoms with Gasteiger partial charge in [0.25, 0.3) is 0 Å². The van der Waals surface area contributed by atoms with Crippen molar-refractivity contribution in [3.63, 3.8) is 0 Å². The number of furan rings is 1. The molecule has 2 rings (SSSR count). The second-order valence-corrected chi connectivity index (χ2v) is 3.40. The summed E-state index contributed by atoms with van der Waals surface area (Å²) in [5, 5.41) is 18.2. The largest absolute Gasteiger partial charge is 0.475 e. The first-order valence-corrected chi connectivity index (χ1v) is 4.24. The van der Waals surface area contributed by atoms with E-state index in [0.717, 1.165) is 0 Å². The zero-order chi connectivity index (χ0) is 10.3. The summed E-state index contributed by atoms with van der Waals surface area (Å²) in [6.07, 6.45) is -0.823. The van der Waals surface area contributed by atoms with Crippen molar-refractivity contribution in [2.24, 2.45) is 0 Å². The number of alkyl halides is 1. The molecule has 1 aliphatic rings. The average Bonchev–Trinajstić information content (AvgIpc) is 2.63. The Labute approximate surface area is 79.0 Å². The molecule has 0 radical (unpaired) electrons. The van der Waals surface area contributed by atoms with E-state index in [1.165, 1.54) is 12.1 Å². The summed E-state index contributed by atoms with van der Waals surface area (Å²) >= 11 is 0. The smallest absolute Gasteiger partial charge is 0.371 e. The number of aromatic carboxylic acids is 1. The number of carboxylic acid groups (broad SMARTS) is 1. The first-order valence-electron chi connectivity index (χ1n) is 4.24. The van der Waals surface area contributed by atoms with Gasteiger partial charge in [0.2, 0.25) is 5.76 Å². The molecule has 1 aliphatic carbocycles. The summed E-state index contributed by atoms with van der Waals surface area (Å²) in [6.45, 7) is 0. The number of hydrogen-bond acceptors (Lipinski definition) is 3. The number of aliphatic hydroxyl groups is 1. The Morgan fingerprint density at radius 2 is 2.36 bits per heavy atom. The van der Waals surface area contributed by atoms with E-state index in [2.05, 4.69) is 0 Å². The van der Waals surface area contributed by atoms with Crippen LogP contribution in [0.15, 0.2) is 16.5 Å². The normalized spacial score (nSPS) is 31.1. The highest BCUT2D eigenvalue weighted by Crippen LogP contribution is 2.44. The van der Waals surface area contributed by atoms with Crippen molar-refractivity contribution < 1.29 is 23.8 Å². The Balaban J connectivity index is 2.29. The van der Waals surface area contributed by atoms with Gasteiger partial charge >= 0.3 is 5.97 Å². The molecule has 5 heteroatoms. The maximum atomic E-state index is 13.0. The van der Waals surface area contributed by atoms with Gasteiger partial charge in [0.05, 0.1) is 0 Å². The zero-order valence-electron chi connectivity index (χ0n) is 7.24. The van der Waals surface area contributed by atoms with Crippen LogP contribution in [-0.4, -0.2) is 22.4 Å². The lowest BCUT2D eigenvalue weighted by Gasteiger charge is -2.38. The summed E-state index contributed by atoms with van der Waals surface area (Å²) in [5.41, 5.74) is -1.62. The van der Waals surface area contributed by atoms with Gasteiger partial charge in [-0.1, -0.05) is 0 Å². The Kier molecular flexibility index (Phi) is 1.85. The van der Waals surface area contributed by atoms with E-state index in [9.17, 15) is 14.3 Å². The molecule has 0 spiro atoms. The van der Waals surface area contributed by atoms with Gasteiger partial charge in [0.15, 0.2) is 5.60 Å². The van der Waals surface area contributed by atoms with Crippen LogP contribution < -0.4 is 0 Å². The van der Waals surface area contributed by atoms with E-state index in [4.69, 9.17) is 9.52 Å². The zero-order valence-corrected chi connectivity index (χ0v) is 7.24. The van der Waals surface area contributed by atoms with Gasteiger partial charge in [-0.15, -0.1) is 0 Å². The maximum absolute atomic E-state index is 13.0. The number of rotatable bonds is 2. The summed E-state index contributed by atoms with van der Waals surface area (Å²) in [6, 6.07) is 2.51. The van der Waals surface area contributed by atoms with Crippen LogP contribution in [0.4, 0.5) is 4.39 Å². The average molecular weight is 200 g/mol. The molecule has 1 heterocycles. The predicted molar refractivity (Wildman–Crippen MR) is 43.7 cm³/mol. The minimum absolute atomic E-state index is 0.00588. The number of carboxylic acids is 1. The highest BCUT2D eigenvalue weighted by atomic mass is 19.1. The molecule has 1 aromatic heterocycles. The van der Waals surface area contributed by atoms with Crippen molar-refractivity contribution in [1.29, 1.82) is 0 Å². The molecule has 0 saturated heterocycles. The van der Waals surface area contributed by atoms with Gasteiger partial charge in [0, 0.05) is 0 Å². The fraction of sp³-hybridized carbons (Fsp3) is 0.444. The fourth-order valence-electron chi connectivity index (χ4n) is 1.49. The molecule has 0 amide bonds. The summed E-state index contributed by atoms with van der Waals surface area (Å²) in [4.78, 5) is 10.5. The Morgan fingerprint density at radius 3 is 2.71 bits per heavy atom. The first kappa shape index (κ1) is 9.21. The van der Waals surface area contributed by atoms with E-state index < -0.39 is 17.7 Å². The molecule has 0 aliphatic heterocycles. The van der Waals surface area contributed by atoms with Crippen LogP contribution >= 0.6 is 0 Å². The van der Waals surface area contributed by atoms with Crippen LogP contribution in [0.25, 0.3) is 0 Å². The molecule has 2 N–H and O–H groups in total. The molecule has 0 bridgehead atoms. The maximum Gasteiger partial charge on any atom is 0.371 e. The number of carbonyl (C=O) groups is 1. The van der Waals surface area contributed by atoms with Gasteiger partial charge < -0.3 is 14.6 Å². The lowest BCUT2D eigenvalue weighted by Crippen LogP contribution is -2.45. The van der Waals surface area contributed by atoms with Gasteiger partial charge in [-0.2, -0.15) is 0 Å². The van der Waals surface area contributed by atoms with Gasteiger partial charge in [0.1, 0.15) is 11.9 Å². The molecule has 76 valence electrons. The van der Waals surface area contributed by atoms with Gasteiger partial charge in [-0.05, 0) is 25.0 Å². The summed E-state index contributed by atoms with van der Waals surface area (Å²) in [5.74, 6) is -1.52. The van der Waals surface area contributed by atoms with Crippen LogP contribution in [0.2, 0.25) is 0 Å². The second-order valence-electron chi connectivity index (χ2n) is 3.40. The Morgan fingerprint density at radius 1 is 1.64 bits per heavy atom. The van der Waals surface area contributed by atoms with Crippen molar-refractivity contribution in [1.82, 2.24) is 0 Å². The van der Waals surface area contributed by atoms with Crippen molar-refractivity contribution in [2.75, 3.05) is 0 Å². The fourth-order valence-corrected chi connectivity index (χ4v) is 1.49. The van der Waals surface area contributed by atoms with Crippen molar-refractivity contribution in [3.8, 4) is 0 Å². The van der Waals surface area contributed by atoms with Crippen molar-refractivity contribution in [2.45, 2.75) is 24.6 Å². The lowest BCUT2D eigenvalue weighted by molar-refractivity contribution is -0.127. The van der Waals surface area contributed by atoms with Crippen LogP contribution in [0.5, 0.6) is 0 Å². The minimum atomic E-state index is -1.62. The Hall–Kier alpha value is -1.36. The van der Waals surface area contributed by atoms with Crippen molar-refractivity contribution >= 4 is 5.97 Å². The molecule has 1 fully saturated rings. The molecule has 0 aromatic carbocycles. The lowest BCUT2D eigenvalue weighted by atomic mass is 9.76. The van der Waals surface area contributed by atoms with Gasteiger partial charge in [-0.3, -0.25) is 0 Å². The van der Waals surface area contributed by atoms with Crippen LogP contribution in [-0.2, 0) is 5.60 Å². The predicted octanol–water partition coefficient (Wildman–Crippen LogP) is 1.30. The molecular weight excluding hydrogens is 191 g/mol. The topological polar surface area (TPSA) is 70.7 Å². The third kappa shape index (κ3) is 1.13. The third-order valence-corrected chi connectivity index (χ3v) is 2.54. The first-order chi connectivity index (χ1) is 6.54. The third-order valence-electron chi connectivity index (χ3n) is 2.54. The quantitative estimate of drug-likeness (QED) is 0.754. The van der Waals surface area contributed by atoms with Crippen LogP contribution in [0.1, 0.15) is 29.2 Å². The van der Waals surface area contributed by atoms with Crippen LogP contribution in [0.3, 0.4) is 0 Å². The highest BCUT2D eigenvalue weighted by molar-refractivity contribution is 5.84. The second kappa shape index (κ2) is 2.81. The molecular formula is C9H9FO4. The molecule has 2 atom stereocenters. The van der Waals surface area contributed by atoms with E-state index in [1.807, 2.05) is 0 Å². The molecule has 4 nitrogen and oxygen atoms in total. The SMILES string of the molecule is O=C(O)c1ccc(C2(O)CCC2F)o1. The molecule has 1 saturated carbocycles. The summed E-state index contributed by atoms with van der Waals surface area (Å²) < 4.78 is 17.8. The van der Waals surface area contributed by atoms with E-state index in [0.29, 0.717) is 0 Å². The minimum Gasteiger partial charge on any atom is -0.475 e. The number of hydrogen-bond donors (Lipinski definition) is 2. The van der Waals surface area contributed by atoms with Crippen LogP contribution in [0, 0.1) is 0 Å². The van der Waals surface area contributed by atoms with E-state index in [-0.39, 0.29) is 24.4 Å². The highest BCUT2D eigenvalue weighted by Gasteiger charge is 2.50. The van der Waals surface area contributed by atoms with E-state index in [1.54, 1.807) is 0 Å². The molecule has 2 unspecified atom stereocenters. The number of halogens is 1.